The highest BCUT2D eigenvalue weighted by molar-refractivity contribution is 7.25. The van der Waals surface area contributed by atoms with Crippen LogP contribution < -0.4 is 5.32 Å². The van der Waals surface area contributed by atoms with Crippen LogP contribution in [0.3, 0.4) is 0 Å². The lowest BCUT2D eigenvalue weighted by Crippen LogP contribution is -1.91. The molecule has 8 aromatic rings. The van der Waals surface area contributed by atoms with Crippen LogP contribution >= 0.6 is 11.3 Å². The Hall–Kier alpha value is -5.18. The smallest absolute Gasteiger partial charge is 0.0390 e. The van der Waals surface area contributed by atoms with E-state index in [9.17, 15) is 0 Å². The molecule has 0 spiro atoms. The maximum Gasteiger partial charge on any atom is 0.0390 e. The minimum absolute atomic E-state index is 1.07. The average molecular weight is 554 g/mol. The van der Waals surface area contributed by atoms with Gasteiger partial charge in [0, 0.05) is 31.5 Å². The summed E-state index contributed by atoms with van der Waals surface area (Å²) >= 11 is 1.86. The predicted molar refractivity (Wildman–Crippen MR) is 183 cm³/mol. The molecule has 0 saturated heterocycles. The molecule has 0 aliphatic carbocycles. The van der Waals surface area contributed by atoms with Gasteiger partial charge >= 0.3 is 0 Å². The average Bonchev–Trinajstić information content (AvgIpc) is 3.43. The first-order chi connectivity index (χ1) is 20.8. The van der Waals surface area contributed by atoms with Crippen LogP contribution in [0.15, 0.2) is 158 Å². The fourth-order valence-corrected chi connectivity index (χ4v) is 7.11. The first-order valence-corrected chi connectivity index (χ1v) is 15.1. The van der Waals surface area contributed by atoms with E-state index in [0.717, 1.165) is 11.4 Å². The zero-order valence-electron chi connectivity index (χ0n) is 22.9. The Bertz CT molecular complexity index is 2200. The molecule has 0 aliphatic rings. The van der Waals surface area contributed by atoms with E-state index in [2.05, 4.69) is 163 Å². The fourth-order valence-electron chi connectivity index (χ4n) is 6.02. The third-order valence-corrected chi connectivity index (χ3v) is 9.20. The molecule has 2 heteroatoms. The molecular weight excluding hydrogens is 527 g/mol. The molecular formula is C40H27NS. The molecule has 0 bridgehead atoms. The maximum absolute atomic E-state index is 3.63. The van der Waals surface area contributed by atoms with Gasteiger partial charge in [-0.3, -0.25) is 0 Å². The van der Waals surface area contributed by atoms with Crippen molar-refractivity contribution in [3.05, 3.63) is 158 Å². The van der Waals surface area contributed by atoms with E-state index >= 15 is 0 Å². The highest BCUT2D eigenvalue weighted by Gasteiger charge is 2.11. The van der Waals surface area contributed by atoms with Gasteiger partial charge in [-0.2, -0.15) is 0 Å². The molecule has 198 valence electrons. The highest BCUT2D eigenvalue weighted by atomic mass is 32.1. The van der Waals surface area contributed by atoms with Crippen LogP contribution in [0.5, 0.6) is 0 Å². The molecule has 0 saturated carbocycles. The van der Waals surface area contributed by atoms with Gasteiger partial charge in [0.15, 0.2) is 0 Å². The monoisotopic (exact) mass is 553 g/mol. The van der Waals surface area contributed by atoms with Crippen molar-refractivity contribution in [2.24, 2.45) is 0 Å². The Labute approximate surface area is 249 Å². The van der Waals surface area contributed by atoms with E-state index in [1.165, 1.54) is 64.3 Å². The first-order valence-electron chi connectivity index (χ1n) is 14.3. The van der Waals surface area contributed by atoms with Crippen LogP contribution in [0.2, 0.25) is 0 Å². The molecule has 0 amide bonds. The van der Waals surface area contributed by atoms with Crippen molar-refractivity contribution in [1.82, 2.24) is 0 Å². The zero-order valence-corrected chi connectivity index (χ0v) is 23.7. The van der Waals surface area contributed by atoms with E-state index in [-0.39, 0.29) is 0 Å². The number of rotatable bonds is 5. The second kappa shape index (κ2) is 10.3. The van der Waals surface area contributed by atoms with Gasteiger partial charge in [0.25, 0.3) is 0 Å². The molecule has 42 heavy (non-hydrogen) atoms. The number of thiophene rings is 1. The molecule has 1 N–H and O–H groups in total. The third-order valence-electron chi connectivity index (χ3n) is 8.05. The van der Waals surface area contributed by atoms with E-state index in [1.54, 1.807) is 0 Å². The number of hydrogen-bond donors (Lipinski definition) is 1. The Morgan fingerprint density at radius 1 is 0.381 bits per heavy atom. The summed E-state index contributed by atoms with van der Waals surface area (Å²) in [6, 6.07) is 56.8. The minimum atomic E-state index is 1.07. The summed E-state index contributed by atoms with van der Waals surface area (Å²) in [6.45, 7) is 0. The number of hydrogen-bond acceptors (Lipinski definition) is 2. The van der Waals surface area contributed by atoms with Gasteiger partial charge in [-0.25, -0.2) is 0 Å². The maximum atomic E-state index is 3.63. The predicted octanol–water partition coefficient (Wildman–Crippen LogP) is 12.0. The number of benzene rings is 7. The fraction of sp³-hybridized carbons (Fsp3) is 0. The van der Waals surface area contributed by atoms with Gasteiger partial charge < -0.3 is 5.32 Å². The summed E-state index contributed by atoms with van der Waals surface area (Å²) in [7, 11) is 0. The third kappa shape index (κ3) is 4.43. The van der Waals surface area contributed by atoms with Crippen LogP contribution in [0.1, 0.15) is 0 Å². The second-order valence-electron chi connectivity index (χ2n) is 10.7. The molecule has 1 aromatic heterocycles. The summed E-state index contributed by atoms with van der Waals surface area (Å²) < 4.78 is 2.67. The van der Waals surface area contributed by atoms with Crippen molar-refractivity contribution in [3.63, 3.8) is 0 Å². The van der Waals surface area contributed by atoms with Crippen LogP contribution in [0, 0.1) is 0 Å². The summed E-state index contributed by atoms with van der Waals surface area (Å²) in [5.41, 5.74) is 9.53. The Morgan fingerprint density at radius 2 is 1.00 bits per heavy atom. The summed E-state index contributed by atoms with van der Waals surface area (Å²) in [6.07, 6.45) is 0. The van der Waals surface area contributed by atoms with Crippen LogP contribution in [-0.2, 0) is 0 Å². The van der Waals surface area contributed by atoms with Crippen molar-refractivity contribution >= 4 is 53.7 Å². The molecule has 1 heterocycles. The molecule has 0 atom stereocenters. The van der Waals surface area contributed by atoms with Crippen molar-refractivity contribution in [1.29, 1.82) is 0 Å². The second-order valence-corrected chi connectivity index (χ2v) is 11.8. The summed E-state index contributed by atoms with van der Waals surface area (Å²) in [4.78, 5) is 0. The molecule has 0 fully saturated rings. The number of nitrogens with one attached hydrogen (secondary N) is 1. The molecule has 0 radical (unpaired) electrons. The SMILES string of the molecule is c1ccc(-c2cccc3cccc(-c4ccc(Nc5cccc(-c6ccc7sc8ccccc8c7c6)c5)cc4)c23)cc1. The quantitative estimate of drug-likeness (QED) is 0.223. The lowest BCUT2D eigenvalue weighted by molar-refractivity contribution is 1.54. The Morgan fingerprint density at radius 3 is 1.81 bits per heavy atom. The Kier molecular flexibility index (Phi) is 6.05. The van der Waals surface area contributed by atoms with E-state index in [1.807, 2.05) is 11.3 Å². The number of fused-ring (bicyclic) bond motifs is 4. The lowest BCUT2D eigenvalue weighted by atomic mass is 9.91. The van der Waals surface area contributed by atoms with Crippen molar-refractivity contribution in [3.8, 4) is 33.4 Å². The van der Waals surface area contributed by atoms with Crippen LogP contribution in [-0.4, -0.2) is 0 Å². The summed E-state index contributed by atoms with van der Waals surface area (Å²) in [5, 5.41) is 8.82. The lowest BCUT2D eigenvalue weighted by Gasteiger charge is -2.14. The molecule has 8 rings (SSSR count). The van der Waals surface area contributed by atoms with E-state index < -0.39 is 0 Å². The van der Waals surface area contributed by atoms with Crippen LogP contribution in [0.4, 0.5) is 11.4 Å². The summed E-state index contributed by atoms with van der Waals surface area (Å²) in [5.74, 6) is 0. The van der Waals surface area contributed by atoms with Gasteiger partial charge in [0.2, 0.25) is 0 Å². The topological polar surface area (TPSA) is 12.0 Å². The molecule has 0 unspecified atom stereocenters. The van der Waals surface area contributed by atoms with Gasteiger partial charge in [-0.1, -0.05) is 115 Å². The van der Waals surface area contributed by atoms with Gasteiger partial charge in [-0.05, 0) is 86.6 Å². The van der Waals surface area contributed by atoms with Crippen LogP contribution in [0.25, 0.3) is 64.3 Å². The molecule has 0 aliphatic heterocycles. The normalized spacial score (nSPS) is 11.3. The van der Waals surface area contributed by atoms with E-state index in [0.29, 0.717) is 0 Å². The van der Waals surface area contributed by atoms with Crippen molar-refractivity contribution in [2.45, 2.75) is 0 Å². The Balaban J connectivity index is 1.10. The van der Waals surface area contributed by atoms with Gasteiger partial charge in [-0.15, -0.1) is 11.3 Å². The standard InChI is InChI=1S/C40H27NS/c1-2-9-27(10-3-1)34-16-7-11-29-12-8-17-35(40(29)34)28-19-22-32(23-20-28)41-33-14-6-13-30(25-33)31-21-24-39-37(26-31)36-15-4-5-18-38(36)42-39/h1-26,41H. The minimum Gasteiger partial charge on any atom is -0.356 e. The van der Waals surface area contributed by atoms with Crippen molar-refractivity contribution < 1.29 is 0 Å². The van der Waals surface area contributed by atoms with Gasteiger partial charge in [0.05, 0.1) is 0 Å². The molecule has 7 aromatic carbocycles. The zero-order chi connectivity index (χ0) is 27.9. The number of anilines is 2. The van der Waals surface area contributed by atoms with Crippen molar-refractivity contribution in [2.75, 3.05) is 5.32 Å². The largest absolute Gasteiger partial charge is 0.356 e. The molecule has 1 nitrogen and oxygen atoms in total. The van der Waals surface area contributed by atoms with Gasteiger partial charge in [0.1, 0.15) is 0 Å². The first kappa shape index (κ1) is 24.6. The van der Waals surface area contributed by atoms with E-state index in [4.69, 9.17) is 0 Å². The highest BCUT2D eigenvalue weighted by Crippen LogP contribution is 2.38.